The maximum Gasteiger partial charge on any atom is 0.147 e. The van der Waals surface area contributed by atoms with E-state index in [0.29, 0.717) is 24.7 Å². The molecule has 1 atom stereocenters. The molecule has 0 aliphatic rings. The highest BCUT2D eigenvalue weighted by Gasteiger charge is 2.16. The van der Waals surface area contributed by atoms with Gasteiger partial charge in [0.1, 0.15) is 17.9 Å². The molecule has 0 saturated heterocycles. The summed E-state index contributed by atoms with van der Waals surface area (Å²) < 4.78 is 2.03. The van der Waals surface area contributed by atoms with Crippen molar-refractivity contribution in [3.05, 3.63) is 42.0 Å². The second-order valence-electron chi connectivity index (χ2n) is 5.69. The highest BCUT2D eigenvalue weighted by atomic mass is 16.3. The van der Waals surface area contributed by atoms with Crippen molar-refractivity contribution in [1.29, 1.82) is 0 Å². The predicted molar refractivity (Wildman–Crippen MR) is 84.4 cm³/mol. The molecule has 1 aromatic heterocycles. The molecule has 0 aliphatic carbocycles. The molecule has 2 aromatic rings. The number of benzene rings is 1. The normalized spacial score (nSPS) is 13.0. The van der Waals surface area contributed by atoms with Gasteiger partial charge in [0.05, 0.1) is 12.6 Å². The third-order valence-electron chi connectivity index (χ3n) is 3.70. The molecule has 0 spiro atoms. The van der Waals surface area contributed by atoms with E-state index in [2.05, 4.69) is 28.9 Å². The number of likely N-dealkylation sites (N-methyl/N-ethyl adjacent to an activating group) is 1. The van der Waals surface area contributed by atoms with Crippen molar-refractivity contribution in [2.45, 2.75) is 39.5 Å². The lowest BCUT2D eigenvalue weighted by molar-refractivity contribution is 0.109. The number of aliphatic hydroxyl groups excluding tert-OH is 1. The summed E-state index contributed by atoms with van der Waals surface area (Å²) in [6, 6.07) is 7.04. The summed E-state index contributed by atoms with van der Waals surface area (Å²) in [6.07, 6.45) is 1.09. The molecule has 0 amide bonds. The highest BCUT2D eigenvalue weighted by molar-refractivity contribution is 5.28. The van der Waals surface area contributed by atoms with Gasteiger partial charge < -0.3 is 14.8 Å². The number of hydrogen-bond donors (Lipinski definition) is 2. The van der Waals surface area contributed by atoms with Gasteiger partial charge in [-0.1, -0.05) is 19.1 Å². The number of aromatic hydroxyl groups is 1. The molecule has 0 radical (unpaired) electrons. The summed E-state index contributed by atoms with van der Waals surface area (Å²) in [5.74, 6) is 1.05. The third-order valence-corrected chi connectivity index (χ3v) is 3.70. The molecule has 2 rings (SSSR count). The molecule has 6 nitrogen and oxygen atoms in total. The number of aromatic nitrogens is 3. The van der Waals surface area contributed by atoms with Crippen molar-refractivity contribution in [2.75, 3.05) is 13.1 Å². The van der Waals surface area contributed by atoms with E-state index in [-0.39, 0.29) is 5.75 Å². The van der Waals surface area contributed by atoms with E-state index in [1.54, 1.807) is 24.5 Å². The molecule has 1 heterocycles. The van der Waals surface area contributed by atoms with Crippen LogP contribution in [-0.2, 0) is 6.54 Å². The fourth-order valence-electron chi connectivity index (χ4n) is 2.40. The van der Waals surface area contributed by atoms with Gasteiger partial charge in [-0.15, -0.1) is 10.2 Å². The van der Waals surface area contributed by atoms with Crippen LogP contribution >= 0.6 is 0 Å². The van der Waals surface area contributed by atoms with Gasteiger partial charge in [0.25, 0.3) is 0 Å². The van der Waals surface area contributed by atoms with Gasteiger partial charge in [-0.3, -0.25) is 4.90 Å². The predicted octanol–water partition coefficient (Wildman–Crippen LogP) is 2.12. The average Bonchev–Trinajstić information content (AvgIpc) is 2.94. The summed E-state index contributed by atoms with van der Waals surface area (Å²) in [4.78, 5) is 2.11. The van der Waals surface area contributed by atoms with E-state index in [4.69, 9.17) is 0 Å². The highest BCUT2D eigenvalue weighted by Crippen LogP contribution is 2.20. The Bertz CT molecular complexity index is 597. The van der Waals surface area contributed by atoms with Crippen molar-refractivity contribution in [3.63, 3.8) is 0 Å². The number of rotatable bonds is 7. The Labute approximate surface area is 131 Å². The molecule has 0 unspecified atom stereocenters. The van der Waals surface area contributed by atoms with E-state index < -0.39 is 6.10 Å². The van der Waals surface area contributed by atoms with Gasteiger partial charge in [-0.25, -0.2) is 0 Å². The second-order valence-corrected chi connectivity index (χ2v) is 5.69. The first-order valence-corrected chi connectivity index (χ1v) is 7.59. The summed E-state index contributed by atoms with van der Waals surface area (Å²) in [7, 11) is 0. The topological polar surface area (TPSA) is 74.4 Å². The van der Waals surface area contributed by atoms with Crippen LogP contribution in [-0.4, -0.2) is 43.0 Å². The lowest BCUT2D eigenvalue weighted by Crippen LogP contribution is -2.29. The zero-order valence-electron chi connectivity index (χ0n) is 13.3. The van der Waals surface area contributed by atoms with Crippen LogP contribution in [0, 0.1) is 0 Å². The zero-order valence-corrected chi connectivity index (χ0v) is 13.3. The standard InChI is InChI=1S/C16H24N4O2/c1-4-19(10-16-18-17-11-20(16)12(2)3)9-15(22)13-6-5-7-14(21)8-13/h5-8,11-12,15,21-22H,4,9-10H2,1-3H3/t15-/m1/s1. The van der Waals surface area contributed by atoms with Gasteiger partial charge in [-0.2, -0.15) is 0 Å². The SMILES string of the molecule is CCN(Cc1nncn1C(C)C)C[C@@H](O)c1cccc(O)c1. The summed E-state index contributed by atoms with van der Waals surface area (Å²) in [5, 5.41) is 28.0. The van der Waals surface area contributed by atoms with Crippen LogP contribution in [0.15, 0.2) is 30.6 Å². The average molecular weight is 304 g/mol. The van der Waals surface area contributed by atoms with E-state index in [1.165, 1.54) is 0 Å². The van der Waals surface area contributed by atoms with Crippen LogP contribution in [0.5, 0.6) is 5.75 Å². The largest absolute Gasteiger partial charge is 0.508 e. The van der Waals surface area contributed by atoms with E-state index in [9.17, 15) is 10.2 Å². The van der Waals surface area contributed by atoms with Crippen molar-refractivity contribution in [1.82, 2.24) is 19.7 Å². The van der Waals surface area contributed by atoms with Crippen molar-refractivity contribution in [2.24, 2.45) is 0 Å². The molecule has 0 aliphatic heterocycles. The number of phenols is 1. The van der Waals surface area contributed by atoms with E-state index in [1.807, 2.05) is 17.6 Å². The monoisotopic (exact) mass is 304 g/mol. The number of hydrogen-bond acceptors (Lipinski definition) is 5. The van der Waals surface area contributed by atoms with Crippen LogP contribution in [0.3, 0.4) is 0 Å². The summed E-state index contributed by atoms with van der Waals surface area (Å²) >= 11 is 0. The van der Waals surface area contributed by atoms with Crippen LogP contribution in [0.1, 0.15) is 44.3 Å². The number of nitrogens with zero attached hydrogens (tertiary/aromatic N) is 4. The maximum atomic E-state index is 10.4. The van der Waals surface area contributed by atoms with Gasteiger partial charge in [0.15, 0.2) is 0 Å². The third kappa shape index (κ3) is 4.05. The first-order chi connectivity index (χ1) is 10.5. The maximum absolute atomic E-state index is 10.4. The quantitative estimate of drug-likeness (QED) is 0.819. The number of phenolic OH excluding ortho intramolecular Hbond substituents is 1. The molecular weight excluding hydrogens is 280 g/mol. The van der Waals surface area contributed by atoms with Gasteiger partial charge in [0.2, 0.25) is 0 Å². The second kappa shape index (κ2) is 7.38. The van der Waals surface area contributed by atoms with Gasteiger partial charge in [-0.05, 0) is 38.1 Å². The summed E-state index contributed by atoms with van der Waals surface area (Å²) in [5.41, 5.74) is 0.712. The molecule has 0 fully saturated rings. The Kier molecular flexibility index (Phi) is 5.51. The zero-order chi connectivity index (χ0) is 16.1. The minimum absolute atomic E-state index is 0.166. The van der Waals surface area contributed by atoms with Crippen molar-refractivity contribution < 1.29 is 10.2 Å². The lowest BCUT2D eigenvalue weighted by Gasteiger charge is -2.24. The minimum Gasteiger partial charge on any atom is -0.508 e. The molecule has 0 bridgehead atoms. The Morgan fingerprint density at radius 1 is 1.32 bits per heavy atom. The van der Waals surface area contributed by atoms with Gasteiger partial charge in [0, 0.05) is 12.6 Å². The number of aliphatic hydroxyl groups is 1. The fraction of sp³-hybridized carbons (Fsp3) is 0.500. The molecular formula is C16H24N4O2. The van der Waals surface area contributed by atoms with Crippen LogP contribution in [0.4, 0.5) is 0 Å². The Hall–Kier alpha value is -1.92. The van der Waals surface area contributed by atoms with E-state index >= 15 is 0 Å². The molecule has 6 heteroatoms. The van der Waals surface area contributed by atoms with Crippen LogP contribution < -0.4 is 0 Å². The molecule has 0 saturated carbocycles. The first-order valence-electron chi connectivity index (χ1n) is 7.59. The van der Waals surface area contributed by atoms with Crippen LogP contribution in [0.2, 0.25) is 0 Å². The first kappa shape index (κ1) is 16.5. The Balaban J connectivity index is 2.04. The smallest absolute Gasteiger partial charge is 0.147 e. The van der Waals surface area contributed by atoms with Gasteiger partial charge >= 0.3 is 0 Å². The lowest BCUT2D eigenvalue weighted by atomic mass is 10.1. The molecule has 120 valence electrons. The van der Waals surface area contributed by atoms with Crippen molar-refractivity contribution in [3.8, 4) is 5.75 Å². The Morgan fingerprint density at radius 2 is 2.09 bits per heavy atom. The molecule has 1 aromatic carbocycles. The Morgan fingerprint density at radius 3 is 2.73 bits per heavy atom. The van der Waals surface area contributed by atoms with E-state index in [0.717, 1.165) is 12.4 Å². The molecule has 2 N–H and O–H groups in total. The van der Waals surface area contributed by atoms with Crippen LogP contribution in [0.25, 0.3) is 0 Å². The molecule has 22 heavy (non-hydrogen) atoms. The minimum atomic E-state index is -0.650. The van der Waals surface area contributed by atoms with Crippen molar-refractivity contribution >= 4 is 0 Å². The summed E-state index contributed by atoms with van der Waals surface area (Å²) in [6.45, 7) is 8.12. The fourth-order valence-corrected chi connectivity index (χ4v) is 2.40.